The highest BCUT2D eigenvalue weighted by Crippen LogP contribution is 2.41. The predicted octanol–water partition coefficient (Wildman–Crippen LogP) is 7.79. The molecule has 11 rings (SSSR count). The van der Waals surface area contributed by atoms with E-state index in [2.05, 4.69) is 5.32 Å². The summed E-state index contributed by atoms with van der Waals surface area (Å²) in [6.07, 6.45) is -18.0. The molecule has 0 aromatic heterocycles. The van der Waals surface area contributed by atoms with Gasteiger partial charge in [-0.1, -0.05) is 194 Å². The van der Waals surface area contributed by atoms with E-state index in [0.717, 1.165) is 32.7 Å². The van der Waals surface area contributed by atoms with Crippen LogP contribution in [0.5, 0.6) is 0 Å². The van der Waals surface area contributed by atoms with E-state index in [1.165, 1.54) is 13.8 Å². The molecule has 0 radical (unpaired) electrons. The third-order valence-electron chi connectivity index (χ3n) is 16.4. The van der Waals surface area contributed by atoms with E-state index in [4.69, 9.17) is 56.8 Å². The lowest BCUT2D eigenvalue weighted by atomic mass is 9.92. The van der Waals surface area contributed by atoms with Gasteiger partial charge in [0.15, 0.2) is 18.9 Å². The quantitative estimate of drug-likeness (QED) is 0.0313. The molecule has 3 N–H and O–H groups in total. The fraction of sp³-hybridized carbons (Fsp3) is 0.361. The third-order valence-corrected chi connectivity index (χ3v) is 16.4. The van der Waals surface area contributed by atoms with Crippen molar-refractivity contribution in [1.29, 1.82) is 0 Å². The summed E-state index contributed by atoms with van der Waals surface area (Å²) in [6.45, 7) is 1.23. The van der Waals surface area contributed by atoms with Gasteiger partial charge in [0.05, 0.1) is 64.0 Å². The number of rotatable bonds is 28. The standard InChI is InChI=1S/C72H76N2O18/c1-46(76)73-59-65(84-40-50-27-13-5-14-28-50)63(57(44-81-38-48-23-9-3-10-24-48)89-70(59)87-43-53-33-19-8-20-34-53)91-71-60(74-68(79)54-35-21-22-36-55(54)69(74)80)66(85-41-51-29-15-6-16-30-51)64(58(90-71)45-82-47(2)77)92-72-67(86-42-52-31-17-7-18-32-52)61(78)62(56(37-75)88-72)83-39-49-25-11-4-12-26-49/h3-36,56-67,70-72,75,78H,37-45H2,1-2H3,(H,73,76). The summed E-state index contributed by atoms with van der Waals surface area (Å²) in [7, 11) is 0. The van der Waals surface area contributed by atoms with Crippen molar-refractivity contribution in [2.24, 2.45) is 0 Å². The van der Waals surface area contributed by atoms with Gasteiger partial charge in [-0.05, 0) is 45.5 Å². The van der Waals surface area contributed by atoms with Gasteiger partial charge < -0.3 is 72.4 Å². The summed E-state index contributed by atoms with van der Waals surface area (Å²) in [5, 5.41) is 26.8. The number of esters is 1. The maximum absolute atomic E-state index is 15.4. The van der Waals surface area contributed by atoms with Crippen molar-refractivity contribution in [3.63, 3.8) is 0 Å². The smallest absolute Gasteiger partial charge is 0.302 e. The average molecular weight is 1260 g/mol. The Kier molecular flexibility index (Phi) is 22.9. The van der Waals surface area contributed by atoms with Crippen LogP contribution >= 0.6 is 0 Å². The van der Waals surface area contributed by atoms with Crippen LogP contribution in [-0.2, 0) is 106 Å². The van der Waals surface area contributed by atoms with Crippen molar-refractivity contribution in [1.82, 2.24) is 10.2 Å². The lowest BCUT2D eigenvalue weighted by molar-refractivity contribution is -0.375. The first-order chi connectivity index (χ1) is 45.0. The van der Waals surface area contributed by atoms with Crippen molar-refractivity contribution in [2.45, 2.75) is 145 Å². The van der Waals surface area contributed by atoms with Crippen LogP contribution in [0.15, 0.2) is 206 Å². The number of benzene rings is 7. The van der Waals surface area contributed by atoms with Crippen molar-refractivity contribution in [3.8, 4) is 0 Å². The van der Waals surface area contributed by atoms with E-state index in [-0.39, 0.29) is 57.4 Å². The summed E-state index contributed by atoms with van der Waals surface area (Å²) in [5.74, 6) is -2.61. The highest BCUT2D eigenvalue weighted by Gasteiger charge is 2.60. The second-order valence-corrected chi connectivity index (χ2v) is 22.9. The molecule has 3 amide bonds. The van der Waals surface area contributed by atoms with E-state index in [0.29, 0.717) is 5.56 Å². The molecule has 3 fully saturated rings. The third kappa shape index (κ3) is 16.5. The molecule has 7 aromatic carbocycles. The number of nitrogens with zero attached hydrogens (tertiary/aromatic N) is 1. The Morgan fingerprint density at radius 3 is 1.28 bits per heavy atom. The minimum atomic E-state index is -1.75. The van der Waals surface area contributed by atoms with Crippen LogP contribution in [-0.4, -0.2) is 151 Å². The van der Waals surface area contributed by atoms with Gasteiger partial charge in [0, 0.05) is 13.8 Å². The Labute approximate surface area is 534 Å². The molecule has 0 bridgehead atoms. The summed E-state index contributed by atoms with van der Waals surface area (Å²) in [6, 6.07) is 59.7. The minimum absolute atomic E-state index is 0.0145. The normalized spacial score (nSPS) is 27.1. The molecule has 0 aliphatic carbocycles. The molecule has 4 heterocycles. The molecule has 20 nitrogen and oxygen atoms in total. The van der Waals surface area contributed by atoms with E-state index < -0.39 is 129 Å². The molecule has 20 heteroatoms. The Balaban J connectivity index is 1.03. The number of nitrogens with one attached hydrogen (secondary N) is 1. The lowest BCUT2D eigenvalue weighted by Gasteiger charge is -2.52. The van der Waals surface area contributed by atoms with Gasteiger partial charge in [-0.15, -0.1) is 0 Å². The van der Waals surface area contributed by atoms with E-state index >= 15 is 9.59 Å². The van der Waals surface area contributed by atoms with Gasteiger partial charge >= 0.3 is 5.97 Å². The number of fused-ring (bicyclic) bond motifs is 1. The van der Waals surface area contributed by atoms with E-state index in [9.17, 15) is 19.8 Å². The summed E-state index contributed by atoms with van der Waals surface area (Å²) < 4.78 is 81.6. The molecule has 7 aromatic rings. The van der Waals surface area contributed by atoms with Crippen molar-refractivity contribution < 1.29 is 86.2 Å². The van der Waals surface area contributed by atoms with Crippen LogP contribution in [0, 0.1) is 0 Å². The number of hydrogen-bond donors (Lipinski definition) is 3. The molecule has 0 spiro atoms. The van der Waals surface area contributed by atoms with E-state index in [1.54, 1.807) is 24.3 Å². The van der Waals surface area contributed by atoms with Crippen LogP contribution in [0.2, 0.25) is 0 Å². The Bertz CT molecular complexity index is 3420. The molecular weight excluding hydrogens is 1180 g/mol. The van der Waals surface area contributed by atoms with Gasteiger partial charge in [-0.25, -0.2) is 0 Å². The van der Waals surface area contributed by atoms with Crippen LogP contribution in [0.25, 0.3) is 0 Å². The second kappa shape index (κ2) is 32.1. The second-order valence-electron chi connectivity index (χ2n) is 22.9. The van der Waals surface area contributed by atoms with Crippen LogP contribution < -0.4 is 5.32 Å². The van der Waals surface area contributed by atoms with Crippen molar-refractivity contribution >= 4 is 23.7 Å². The number of imide groups is 1. The molecule has 15 unspecified atom stereocenters. The average Bonchev–Trinajstić information content (AvgIpc) is 1.43. The lowest BCUT2D eigenvalue weighted by Crippen LogP contribution is -2.71. The maximum Gasteiger partial charge on any atom is 0.302 e. The molecule has 3 saturated heterocycles. The number of aliphatic hydroxyl groups is 2. The van der Waals surface area contributed by atoms with Gasteiger partial charge in [-0.2, -0.15) is 0 Å². The van der Waals surface area contributed by atoms with Gasteiger partial charge in [0.2, 0.25) is 5.91 Å². The van der Waals surface area contributed by atoms with Gasteiger partial charge in [-0.3, -0.25) is 24.1 Å². The molecule has 0 saturated carbocycles. The molecule has 92 heavy (non-hydrogen) atoms. The first kappa shape index (κ1) is 65.6. The Morgan fingerprint density at radius 2 is 0.815 bits per heavy atom. The number of carbonyl (C=O) groups excluding carboxylic acids is 4. The zero-order chi connectivity index (χ0) is 63.8. The van der Waals surface area contributed by atoms with Crippen LogP contribution in [0.3, 0.4) is 0 Å². The molecule has 4 aliphatic heterocycles. The predicted molar refractivity (Wildman–Crippen MR) is 331 cm³/mol. The number of amides is 3. The number of aliphatic hydroxyl groups excluding tert-OH is 2. The first-order valence-corrected chi connectivity index (χ1v) is 30.8. The topological polar surface area (TPSA) is 235 Å². The molecule has 482 valence electrons. The summed E-state index contributed by atoms with van der Waals surface area (Å²) in [4.78, 5) is 58.6. The van der Waals surface area contributed by atoms with Crippen molar-refractivity contribution in [3.05, 3.63) is 251 Å². The van der Waals surface area contributed by atoms with Crippen LogP contribution in [0.4, 0.5) is 0 Å². The monoisotopic (exact) mass is 1260 g/mol. The number of ether oxygens (including phenoxy) is 12. The Hall–Kier alpha value is -7.90. The largest absolute Gasteiger partial charge is 0.463 e. The minimum Gasteiger partial charge on any atom is -0.463 e. The summed E-state index contributed by atoms with van der Waals surface area (Å²) in [5.41, 5.74) is 4.81. The zero-order valence-electron chi connectivity index (χ0n) is 51.0. The zero-order valence-corrected chi connectivity index (χ0v) is 51.0. The maximum atomic E-state index is 15.4. The highest BCUT2D eigenvalue weighted by atomic mass is 16.8. The molecular formula is C72H76N2O18. The number of carbonyl (C=O) groups is 4. The fourth-order valence-electron chi connectivity index (χ4n) is 11.9. The van der Waals surface area contributed by atoms with Gasteiger partial charge in [0.1, 0.15) is 79.7 Å². The molecule has 15 atom stereocenters. The highest BCUT2D eigenvalue weighted by molar-refractivity contribution is 6.21. The SMILES string of the molecule is CC(=O)NC1C(OCc2ccccc2)OC(COCc2ccccc2)C(OC2OC(COC(C)=O)C(OC3OC(CO)C(OCc4ccccc4)C(O)C3OCc3ccccc3)C(OCc3ccccc3)C2N2C(=O)c3ccccc3C2=O)C1OCc1ccccc1. The first-order valence-electron chi connectivity index (χ1n) is 30.8. The Morgan fingerprint density at radius 1 is 0.435 bits per heavy atom. The van der Waals surface area contributed by atoms with Crippen molar-refractivity contribution in [2.75, 3.05) is 19.8 Å². The molecule has 4 aliphatic rings. The fourth-order valence-corrected chi connectivity index (χ4v) is 11.9. The summed E-state index contributed by atoms with van der Waals surface area (Å²) >= 11 is 0. The van der Waals surface area contributed by atoms with Crippen LogP contribution in [0.1, 0.15) is 67.9 Å². The number of hydrogen-bond acceptors (Lipinski definition) is 18. The van der Waals surface area contributed by atoms with Gasteiger partial charge in [0.25, 0.3) is 11.8 Å². The van der Waals surface area contributed by atoms with E-state index in [1.807, 2.05) is 182 Å².